The highest BCUT2D eigenvalue weighted by atomic mass is 32.1. The van der Waals surface area contributed by atoms with E-state index in [1.807, 2.05) is 30.3 Å². The van der Waals surface area contributed by atoms with Crippen LogP contribution in [-0.4, -0.2) is 27.0 Å². The fraction of sp³-hybridized carbons (Fsp3) is 0.138. The van der Waals surface area contributed by atoms with E-state index >= 15 is 0 Å². The van der Waals surface area contributed by atoms with Gasteiger partial charge in [0.25, 0.3) is 11.2 Å². The highest BCUT2D eigenvalue weighted by Gasteiger charge is 2.33. The van der Waals surface area contributed by atoms with E-state index in [-0.39, 0.29) is 28.2 Å². The van der Waals surface area contributed by atoms with Gasteiger partial charge in [0.15, 0.2) is 4.80 Å². The summed E-state index contributed by atoms with van der Waals surface area (Å²) in [5, 5.41) is 22.7. The van der Waals surface area contributed by atoms with Gasteiger partial charge in [0, 0.05) is 11.6 Å². The molecule has 13 heteroatoms. The number of para-hydroxylation sites is 1. The molecule has 212 valence electrons. The Bertz CT molecular complexity index is 1950. The van der Waals surface area contributed by atoms with Crippen LogP contribution in [0.5, 0.6) is 11.5 Å². The van der Waals surface area contributed by atoms with E-state index in [1.54, 1.807) is 44.2 Å². The van der Waals surface area contributed by atoms with E-state index in [9.17, 15) is 29.8 Å². The average molecular weight is 587 g/mol. The van der Waals surface area contributed by atoms with Gasteiger partial charge < -0.3 is 9.47 Å². The molecule has 0 radical (unpaired) electrons. The van der Waals surface area contributed by atoms with Gasteiger partial charge in [-0.3, -0.25) is 29.6 Å². The summed E-state index contributed by atoms with van der Waals surface area (Å²) in [5.41, 5.74) is 0.389. The second-order valence-corrected chi connectivity index (χ2v) is 10.0. The number of thiazole rings is 1. The highest BCUT2D eigenvalue weighted by Crippen LogP contribution is 2.36. The Morgan fingerprint density at radius 2 is 1.74 bits per heavy atom. The molecule has 1 atom stereocenters. The predicted molar refractivity (Wildman–Crippen MR) is 153 cm³/mol. The molecule has 0 fully saturated rings. The Morgan fingerprint density at radius 1 is 1.02 bits per heavy atom. The molecule has 0 spiro atoms. The van der Waals surface area contributed by atoms with Crippen LogP contribution < -0.4 is 19.6 Å². The lowest BCUT2D eigenvalue weighted by Crippen LogP contribution is -2.39. The summed E-state index contributed by atoms with van der Waals surface area (Å²) in [6, 6.07) is 18.0. The number of aromatic nitrogens is 1. The first-order valence-electron chi connectivity index (χ1n) is 12.6. The van der Waals surface area contributed by atoms with Crippen LogP contribution in [0, 0.1) is 20.2 Å². The van der Waals surface area contributed by atoms with Crippen molar-refractivity contribution >= 4 is 34.8 Å². The van der Waals surface area contributed by atoms with Crippen LogP contribution in [0.15, 0.2) is 93.9 Å². The molecular formula is C29H22N4O8S. The lowest BCUT2D eigenvalue weighted by Gasteiger charge is -2.24. The van der Waals surface area contributed by atoms with Crippen molar-refractivity contribution in [2.45, 2.75) is 19.9 Å². The second-order valence-electron chi connectivity index (χ2n) is 9.02. The molecule has 2 heterocycles. The molecule has 1 aliphatic rings. The maximum Gasteiger partial charge on any atom is 0.338 e. The number of hydrogen-bond donors (Lipinski definition) is 0. The molecule has 3 aromatic carbocycles. The summed E-state index contributed by atoms with van der Waals surface area (Å²) < 4.78 is 12.9. The second kappa shape index (κ2) is 11.6. The van der Waals surface area contributed by atoms with E-state index in [1.165, 1.54) is 4.57 Å². The monoisotopic (exact) mass is 586 g/mol. The van der Waals surface area contributed by atoms with Crippen LogP contribution in [0.3, 0.4) is 0 Å². The summed E-state index contributed by atoms with van der Waals surface area (Å²) in [7, 11) is 0. The number of carbonyl (C=O) groups excluding carboxylic acids is 1. The number of nitro groups is 2. The van der Waals surface area contributed by atoms with Gasteiger partial charge in [-0.2, -0.15) is 0 Å². The third kappa shape index (κ3) is 5.32. The third-order valence-electron chi connectivity index (χ3n) is 6.41. The first-order chi connectivity index (χ1) is 20.2. The van der Waals surface area contributed by atoms with Gasteiger partial charge in [-0.25, -0.2) is 9.79 Å². The number of rotatable bonds is 8. The molecule has 0 unspecified atom stereocenters. The number of nitro benzene ring substituents is 2. The smallest absolute Gasteiger partial charge is 0.338 e. The summed E-state index contributed by atoms with van der Waals surface area (Å²) in [6.45, 7) is 3.55. The third-order valence-corrected chi connectivity index (χ3v) is 7.39. The zero-order valence-corrected chi connectivity index (χ0v) is 23.1. The minimum Gasteiger partial charge on any atom is -0.463 e. The molecule has 4 aromatic rings. The molecule has 0 saturated heterocycles. The number of hydrogen-bond acceptors (Lipinski definition) is 10. The summed E-state index contributed by atoms with van der Waals surface area (Å²) in [4.78, 5) is 53.0. The summed E-state index contributed by atoms with van der Waals surface area (Å²) in [5.74, 6) is -0.583. The molecule has 0 saturated carbocycles. The Labute approximate surface area is 241 Å². The minimum absolute atomic E-state index is 0.158. The van der Waals surface area contributed by atoms with Crippen molar-refractivity contribution in [1.29, 1.82) is 0 Å². The number of esters is 1. The van der Waals surface area contributed by atoms with Crippen LogP contribution in [0.25, 0.3) is 6.08 Å². The zero-order chi connectivity index (χ0) is 30.0. The average Bonchev–Trinajstić information content (AvgIpc) is 3.27. The Morgan fingerprint density at radius 3 is 2.43 bits per heavy atom. The van der Waals surface area contributed by atoms with Gasteiger partial charge in [0.05, 0.1) is 44.4 Å². The lowest BCUT2D eigenvalue weighted by atomic mass is 9.96. The number of allylic oxidation sites excluding steroid dienone is 1. The van der Waals surface area contributed by atoms with Crippen molar-refractivity contribution in [3.05, 3.63) is 135 Å². The standard InChI is InChI=1S/C29H22N4O8S/c1-3-40-28(35)25-17(2)30-29-31(26(25)18-9-5-4-6-10-18)27(34)24(42-29)15-19-11-7-8-12-22(19)41-23-14-13-20(32(36)37)16-21(23)33(38)39/h4-16,26H,3H2,1-2H3/b24-15-/t26-/m0/s1. The Kier molecular flexibility index (Phi) is 7.76. The maximum absolute atomic E-state index is 13.9. The predicted octanol–water partition coefficient (Wildman–Crippen LogP) is 4.41. The number of nitrogens with zero attached hydrogens (tertiary/aromatic N) is 4. The maximum atomic E-state index is 13.9. The number of carbonyl (C=O) groups is 1. The molecule has 1 aromatic heterocycles. The van der Waals surface area contributed by atoms with Crippen molar-refractivity contribution in [2.24, 2.45) is 4.99 Å². The van der Waals surface area contributed by atoms with E-state index in [0.29, 0.717) is 21.6 Å². The number of non-ortho nitro benzene ring substituents is 1. The molecule has 1 aliphatic heterocycles. The molecular weight excluding hydrogens is 564 g/mol. The SMILES string of the molecule is CCOC(=O)C1=C(C)N=c2s/c(=C\c3ccccc3Oc3ccc([N+](=O)[O-])cc3[N+](=O)[O-])c(=O)n2[C@H]1c1ccccc1. The van der Waals surface area contributed by atoms with Crippen molar-refractivity contribution in [3.63, 3.8) is 0 Å². The summed E-state index contributed by atoms with van der Waals surface area (Å²) >= 11 is 1.12. The van der Waals surface area contributed by atoms with Gasteiger partial charge in [-0.05, 0) is 37.6 Å². The van der Waals surface area contributed by atoms with Crippen molar-refractivity contribution in [3.8, 4) is 11.5 Å². The molecule has 42 heavy (non-hydrogen) atoms. The fourth-order valence-corrected chi connectivity index (χ4v) is 5.58. The van der Waals surface area contributed by atoms with Crippen LogP contribution in [-0.2, 0) is 9.53 Å². The van der Waals surface area contributed by atoms with E-state index < -0.39 is 38.8 Å². The quantitative estimate of drug-likeness (QED) is 0.167. The van der Waals surface area contributed by atoms with Gasteiger partial charge >= 0.3 is 11.7 Å². The van der Waals surface area contributed by atoms with Gasteiger partial charge in [-0.15, -0.1) is 0 Å². The molecule has 0 amide bonds. The van der Waals surface area contributed by atoms with E-state index in [2.05, 4.69) is 4.99 Å². The molecule has 12 nitrogen and oxygen atoms in total. The first-order valence-corrected chi connectivity index (χ1v) is 13.5. The molecule has 0 bridgehead atoms. The first kappa shape index (κ1) is 28.1. The number of fused-ring (bicyclic) bond motifs is 1. The molecule has 5 rings (SSSR count). The highest BCUT2D eigenvalue weighted by molar-refractivity contribution is 7.07. The molecule has 0 N–H and O–H groups in total. The van der Waals surface area contributed by atoms with Crippen LogP contribution >= 0.6 is 11.3 Å². The van der Waals surface area contributed by atoms with Crippen LogP contribution in [0.2, 0.25) is 0 Å². The topological polar surface area (TPSA) is 156 Å². The molecule has 0 aliphatic carbocycles. The largest absolute Gasteiger partial charge is 0.463 e. The zero-order valence-electron chi connectivity index (χ0n) is 22.3. The Hall–Kier alpha value is -5.43. The lowest BCUT2D eigenvalue weighted by molar-refractivity contribution is -0.394. The van der Waals surface area contributed by atoms with Crippen molar-refractivity contribution < 1.29 is 24.1 Å². The fourth-order valence-electron chi connectivity index (χ4n) is 4.54. The Balaban J connectivity index is 1.63. The van der Waals surface area contributed by atoms with Crippen molar-refractivity contribution in [1.82, 2.24) is 4.57 Å². The van der Waals surface area contributed by atoms with E-state index in [4.69, 9.17) is 9.47 Å². The normalized spacial score (nSPS) is 14.6. The van der Waals surface area contributed by atoms with Gasteiger partial charge in [0.2, 0.25) is 5.75 Å². The number of benzene rings is 3. The van der Waals surface area contributed by atoms with Crippen LogP contribution in [0.4, 0.5) is 11.4 Å². The summed E-state index contributed by atoms with van der Waals surface area (Å²) in [6.07, 6.45) is 1.57. The van der Waals surface area contributed by atoms with Gasteiger partial charge in [-0.1, -0.05) is 59.9 Å². The number of ether oxygens (including phenoxy) is 2. The van der Waals surface area contributed by atoms with E-state index in [0.717, 1.165) is 29.5 Å². The van der Waals surface area contributed by atoms with Crippen LogP contribution in [0.1, 0.15) is 31.0 Å². The van der Waals surface area contributed by atoms with Crippen molar-refractivity contribution in [2.75, 3.05) is 6.61 Å². The van der Waals surface area contributed by atoms with Gasteiger partial charge in [0.1, 0.15) is 5.75 Å². The minimum atomic E-state index is -0.768.